The number of hydrogen-bond donors (Lipinski definition) is 3. The lowest BCUT2D eigenvalue weighted by Gasteiger charge is -2.31. The number of fused-ring (bicyclic) bond motifs is 1. The zero-order valence-corrected chi connectivity index (χ0v) is 21.9. The fourth-order valence-corrected chi connectivity index (χ4v) is 6.10. The van der Waals surface area contributed by atoms with Gasteiger partial charge in [-0.2, -0.15) is 0 Å². The maximum Gasteiger partial charge on any atom is 0.315 e. The monoisotopic (exact) mass is 521 g/mol. The highest BCUT2D eigenvalue weighted by Gasteiger charge is 2.39. The lowest BCUT2D eigenvalue weighted by Crippen LogP contribution is -2.38. The van der Waals surface area contributed by atoms with Crippen LogP contribution in [0.25, 0.3) is 0 Å². The molecule has 1 aliphatic heterocycles. The van der Waals surface area contributed by atoms with E-state index in [1.807, 2.05) is 35.3 Å². The summed E-state index contributed by atoms with van der Waals surface area (Å²) in [5.74, 6) is 0.367. The summed E-state index contributed by atoms with van der Waals surface area (Å²) in [7, 11) is 0. The molecule has 39 heavy (non-hydrogen) atoms. The van der Waals surface area contributed by atoms with Gasteiger partial charge in [-0.25, -0.2) is 9.18 Å². The van der Waals surface area contributed by atoms with Gasteiger partial charge < -0.3 is 16.1 Å². The Bertz CT molecular complexity index is 1430. The average Bonchev–Trinajstić information content (AvgIpc) is 3.58. The predicted molar refractivity (Wildman–Crippen MR) is 151 cm³/mol. The van der Waals surface area contributed by atoms with Crippen LogP contribution in [0.4, 0.5) is 14.9 Å². The first-order valence-corrected chi connectivity index (χ1v) is 13.5. The number of urea groups is 1. The van der Waals surface area contributed by atoms with Crippen LogP contribution in [0.3, 0.4) is 0 Å². The van der Waals surface area contributed by atoms with Crippen LogP contribution in [0.2, 0.25) is 0 Å². The van der Waals surface area contributed by atoms with E-state index in [4.69, 9.17) is 0 Å². The molecule has 6 rings (SSSR count). The largest absolute Gasteiger partial charge is 0.334 e. The van der Waals surface area contributed by atoms with Crippen LogP contribution in [-0.4, -0.2) is 11.0 Å². The third-order valence-electron chi connectivity index (χ3n) is 7.99. The minimum atomic E-state index is -0.243. The van der Waals surface area contributed by atoms with Crippen molar-refractivity contribution in [2.45, 2.75) is 38.8 Å². The Morgan fingerprint density at radius 3 is 2.72 bits per heavy atom. The van der Waals surface area contributed by atoms with Crippen LogP contribution >= 0.6 is 0 Å². The Labute approximate surface area is 228 Å². The number of nitrogens with zero attached hydrogens (tertiary/aromatic N) is 2. The molecule has 7 heteroatoms. The normalized spacial score (nSPS) is 20.4. The molecule has 2 aliphatic carbocycles. The van der Waals surface area contributed by atoms with Crippen molar-refractivity contribution in [2.75, 3.05) is 5.01 Å². The third-order valence-corrected chi connectivity index (χ3v) is 7.99. The summed E-state index contributed by atoms with van der Waals surface area (Å²) in [6, 6.07) is 20.3. The van der Waals surface area contributed by atoms with Crippen molar-refractivity contribution in [3.05, 3.63) is 131 Å². The standard InChI is InChI=1S/C32H32FN5O/c1-21-28-20-36-38(27-13-11-26(33)12-14-27)30(28)17-25-10-9-24(31(21)25)16-29(23-7-3-2-4-8-23)37-32(39)35-19-22-6-5-15-34-18-22/h2-8,11-15,17-18,20-21,24,29,36H,9-10,16,19H2,1H3,(H2,35,37,39)/t21-,24+,29?/m0/s1. The number of carbonyl (C=O) groups excluding carboxylic acids is 1. The van der Waals surface area contributed by atoms with Crippen molar-refractivity contribution in [3.63, 3.8) is 0 Å². The van der Waals surface area contributed by atoms with E-state index in [0.29, 0.717) is 12.5 Å². The number of rotatable bonds is 7. The van der Waals surface area contributed by atoms with E-state index in [1.54, 1.807) is 24.5 Å². The van der Waals surface area contributed by atoms with Gasteiger partial charge in [0.15, 0.2) is 0 Å². The summed E-state index contributed by atoms with van der Waals surface area (Å²) in [4.78, 5) is 17.1. The van der Waals surface area contributed by atoms with Gasteiger partial charge in [-0.3, -0.25) is 9.99 Å². The first kappa shape index (κ1) is 24.9. The molecule has 2 amide bonds. The number of nitrogens with one attached hydrogen (secondary N) is 3. The first-order valence-electron chi connectivity index (χ1n) is 13.5. The lowest BCUT2D eigenvalue weighted by molar-refractivity contribution is 0.234. The number of halogens is 1. The Morgan fingerprint density at radius 1 is 1.13 bits per heavy atom. The lowest BCUT2D eigenvalue weighted by atomic mass is 9.78. The van der Waals surface area contributed by atoms with E-state index in [-0.39, 0.29) is 23.8 Å². The molecule has 3 atom stereocenters. The van der Waals surface area contributed by atoms with Gasteiger partial charge in [-0.05, 0) is 78.3 Å². The smallest absolute Gasteiger partial charge is 0.315 e. The molecule has 1 aromatic heterocycles. The van der Waals surface area contributed by atoms with Crippen LogP contribution in [0.1, 0.15) is 43.4 Å². The number of hydrazine groups is 1. The minimum absolute atomic E-state index is 0.110. The predicted octanol–water partition coefficient (Wildman–Crippen LogP) is 6.30. The minimum Gasteiger partial charge on any atom is -0.334 e. The summed E-state index contributed by atoms with van der Waals surface area (Å²) in [6.45, 7) is 2.70. The molecule has 3 N–H and O–H groups in total. The number of allylic oxidation sites excluding steroid dienone is 4. The van der Waals surface area contributed by atoms with E-state index in [9.17, 15) is 9.18 Å². The van der Waals surface area contributed by atoms with Crippen molar-refractivity contribution in [2.24, 2.45) is 11.8 Å². The molecule has 1 unspecified atom stereocenters. The summed E-state index contributed by atoms with van der Waals surface area (Å²) in [6.07, 6.45) is 10.7. The van der Waals surface area contributed by atoms with E-state index in [0.717, 1.165) is 41.8 Å². The zero-order valence-electron chi connectivity index (χ0n) is 21.9. The SMILES string of the molecule is C[C@H]1C2=CNN(c3ccc(F)cc3)C2=CC2=C1[C@@H](CC(NC(=O)NCc1cccnc1)c1ccccc1)CC2. The van der Waals surface area contributed by atoms with Crippen LogP contribution in [0, 0.1) is 17.7 Å². The second-order valence-electron chi connectivity index (χ2n) is 10.4. The van der Waals surface area contributed by atoms with Gasteiger partial charge in [0.2, 0.25) is 0 Å². The van der Waals surface area contributed by atoms with E-state index < -0.39 is 0 Å². The number of pyridine rings is 1. The first-order chi connectivity index (χ1) is 19.1. The van der Waals surface area contributed by atoms with Crippen molar-refractivity contribution in [1.29, 1.82) is 0 Å². The quantitative estimate of drug-likeness (QED) is 0.341. The number of amides is 2. The molecule has 0 radical (unpaired) electrons. The number of benzene rings is 2. The molecular formula is C32H32FN5O. The van der Waals surface area contributed by atoms with Gasteiger partial charge in [-0.15, -0.1) is 0 Å². The van der Waals surface area contributed by atoms with Crippen LogP contribution in [0.15, 0.2) is 114 Å². The molecule has 6 nitrogen and oxygen atoms in total. The van der Waals surface area contributed by atoms with Gasteiger partial charge in [0.25, 0.3) is 0 Å². The molecule has 0 fully saturated rings. The molecule has 3 aromatic rings. The Kier molecular flexibility index (Phi) is 6.88. The summed E-state index contributed by atoms with van der Waals surface area (Å²) >= 11 is 0. The summed E-state index contributed by atoms with van der Waals surface area (Å²) in [5, 5.41) is 8.26. The molecule has 3 aliphatic rings. The highest BCUT2D eigenvalue weighted by atomic mass is 19.1. The second-order valence-corrected chi connectivity index (χ2v) is 10.4. The van der Waals surface area contributed by atoms with Crippen molar-refractivity contribution in [3.8, 4) is 0 Å². The zero-order chi connectivity index (χ0) is 26.8. The number of hydrogen-bond acceptors (Lipinski definition) is 4. The molecule has 2 heterocycles. The maximum absolute atomic E-state index is 13.5. The van der Waals surface area contributed by atoms with Gasteiger partial charge in [0.1, 0.15) is 5.82 Å². The summed E-state index contributed by atoms with van der Waals surface area (Å²) < 4.78 is 13.5. The van der Waals surface area contributed by atoms with Crippen molar-refractivity contribution < 1.29 is 9.18 Å². The number of carbonyl (C=O) groups is 1. The van der Waals surface area contributed by atoms with Crippen LogP contribution in [-0.2, 0) is 6.54 Å². The second kappa shape index (κ2) is 10.8. The third kappa shape index (κ3) is 5.17. The topological polar surface area (TPSA) is 69.3 Å². The highest BCUT2D eigenvalue weighted by molar-refractivity contribution is 5.74. The van der Waals surface area contributed by atoms with Gasteiger partial charge >= 0.3 is 6.03 Å². The Balaban J connectivity index is 1.21. The van der Waals surface area contributed by atoms with Crippen molar-refractivity contribution >= 4 is 11.7 Å². The van der Waals surface area contributed by atoms with Crippen molar-refractivity contribution in [1.82, 2.24) is 21.0 Å². The fraction of sp³-hybridized carbons (Fsp3) is 0.250. The van der Waals surface area contributed by atoms with Crippen LogP contribution < -0.4 is 21.1 Å². The van der Waals surface area contributed by atoms with E-state index >= 15 is 0 Å². The van der Waals surface area contributed by atoms with E-state index in [2.05, 4.69) is 52.4 Å². The molecule has 2 aromatic carbocycles. The van der Waals surface area contributed by atoms with Gasteiger partial charge in [0.05, 0.1) is 17.4 Å². The molecule has 198 valence electrons. The molecule has 0 bridgehead atoms. The average molecular weight is 522 g/mol. The molecular weight excluding hydrogens is 489 g/mol. The fourth-order valence-electron chi connectivity index (χ4n) is 6.10. The molecule has 0 saturated carbocycles. The maximum atomic E-state index is 13.5. The summed E-state index contributed by atoms with van der Waals surface area (Å²) in [5.41, 5.74) is 11.6. The Hall–Kier alpha value is -4.39. The van der Waals surface area contributed by atoms with Crippen LogP contribution in [0.5, 0.6) is 0 Å². The van der Waals surface area contributed by atoms with E-state index in [1.165, 1.54) is 28.9 Å². The highest BCUT2D eigenvalue weighted by Crippen LogP contribution is 2.49. The number of aromatic nitrogens is 1. The van der Waals surface area contributed by atoms with Gasteiger partial charge in [0, 0.05) is 36.6 Å². The Morgan fingerprint density at radius 2 is 1.95 bits per heavy atom. The molecule has 0 saturated heterocycles. The number of anilines is 1. The van der Waals surface area contributed by atoms with Gasteiger partial charge in [-0.1, -0.05) is 48.9 Å². The molecule has 0 spiro atoms.